The lowest BCUT2D eigenvalue weighted by Gasteiger charge is -2.28. The van der Waals surface area contributed by atoms with Crippen LogP contribution in [0, 0.1) is 6.92 Å². The van der Waals surface area contributed by atoms with E-state index in [1.54, 1.807) is 18.0 Å². The van der Waals surface area contributed by atoms with Gasteiger partial charge in [0, 0.05) is 19.3 Å². The van der Waals surface area contributed by atoms with Crippen LogP contribution in [0.3, 0.4) is 0 Å². The molecular formula is C13H19N3O2. The molecule has 18 heavy (non-hydrogen) atoms. The first-order chi connectivity index (χ1) is 8.50. The maximum absolute atomic E-state index is 12.2. The van der Waals surface area contributed by atoms with E-state index in [0.717, 1.165) is 31.4 Å². The quantitative estimate of drug-likeness (QED) is 0.873. The molecule has 0 radical (unpaired) electrons. The zero-order chi connectivity index (χ0) is 13.2. The number of amides is 1. The van der Waals surface area contributed by atoms with Gasteiger partial charge in [-0.1, -0.05) is 12.8 Å². The summed E-state index contributed by atoms with van der Waals surface area (Å²) in [5.74, 6) is -0.166. The Morgan fingerprint density at radius 1 is 1.44 bits per heavy atom. The monoisotopic (exact) mass is 249 g/mol. The Kier molecular flexibility index (Phi) is 3.61. The number of hydrogen-bond acceptors (Lipinski definition) is 4. The highest BCUT2D eigenvalue weighted by molar-refractivity contribution is 5.92. The van der Waals surface area contributed by atoms with Gasteiger partial charge in [0.1, 0.15) is 12.0 Å². The van der Waals surface area contributed by atoms with Crippen LogP contribution in [0.1, 0.15) is 41.9 Å². The first kappa shape index (κ1) is 13.0. The molecule has 1 fully saturated rings. The van der Waals surface area contributed by atoms with Gasteiger partial charge < -0.3 is 10.0 Å². The summed E-state index contributed by atoms with van der Waals surface area (Å²) in [5.41, 5.74) is 0.430. The van der Waals surface area contributed by atoms with Crippen LogP contribution in [0.2, 0.25) is 0 Å². The van der Waals surface area contributed by atoms with E-state index >= 15 is 0 Å². The largest absolute Gasteiger partial charge is 0.388 e. The number of aromatic nitrogens is 2. The van der Waals surface area contributed by atoms with Crippen LogP contribution in [0.25, 0.3) is 0 Å². The normalized spacial score (nSPS) is 17.7. The third kappa shape index (κ3) is 2.85. The second-order valence-electron chi connectivity index (χ2n) is 5.14. The molecule has 1 heterocycles. The van der Waals surface area contributed by atoms with Crippen molar-refractivity contribution in [3.8, 4) is 0 Å². The summed E-state index contributed by atoms with van der Waals surface area (Å²) in [6, 6.07) is 1.66. The number of aryl methyl sites for hydroxylation is 1. The Hall–Kier alpha value is -1.49. The van der Waals surface area contributed by atoms with E-state index in [1.807, 2.05) is 6.92 Å². The van der Waals surface area contributed by atoms with E-state index in [9.17, 15) is 9.90 Å². The van der Waals surface area contributed by atoms with Gasteiger partial charge in [-0.05, 0) is 25.8 Å². The van der Waals surface area contributed by atoms with E-state index in [0.29, 0.717) is 12.2 Å². The van der Waals surface area contributed by atoms with Crippen LogP contribution in [-0.2, 0) is 0 Å². The molecule has 0 bridgehead atoms. The van der Waals surface area contributed by atoms with Crippen LogP contribution >= 0.6 is 0 Å². The topological polar surface area (TPSA) is 66.3 Å². The Balaban J connectivity index is 2.04. The van der Waals surface area contributed by atoms with Gasteiger partial charge >= 0.3 is 0 Å². The molecule has 1 aromatic rings. The van der Waals surface area contributed by atoms with Crippen molar-refractivity contribution in [3.05, 3.63) is 23.8 Å². The fourth-order valence-corrected chi connectivity index (χ4v) is 2.47. The highest BCUT2D eigenvalue weighted by atomic mass is 16.3. The highest BCUT2D eigenvalue weighted by Gasteiger charge is 2.33. The molecule has 1 N–H and O–H groups in total. The lowest BCUT2D eigenvalue weighted by Crippen LogP contribution is -2.42. The molecule has 0 unspecified atom stereocenters. The van der Waals surface area contributed by atoms with Crippen LogP contribution in [0.5, 0.6) is 0 Å². The molecule has 2 rings (SSSR count). The van der Waals surface area contributed by atoms with Crippen molar-refractivity contribution >= 4 is 5.91 Å². The number of carbonyl (C=O) groups is 1. The van der Waals surface area contributed by atoms with Crippen LogP contribution in [0.15, 0.2) is 12.4 Å². The molecule has 5 nitrogen and oxygen atoms in total. The molecule has 0 saturated heterocycles. The minimum Gasteiger partial charge on any atom is -0.388 e. The molecule has 1 amide bonds. The standard InChI is InChI=1S/C13H19N3O2/c1-10-7-11(15-9-14-10)12(17)16(2)8-13(18)5-3-4-6-13/h7,9,18H,3-6,8H2,1-2H3. The predicted molar refractivity (Wildman–Crippen MR) is 67.1 cm³/mol. The van der Waals surface area contributed by atoms with E-state index < -0.39 is 5.60 Å². The van der Waals surface area contributed by atoms with Gasteiger partial charge in [0.2, 0.25) is 0 Å². The first-order valence-corrected chi connectivity index (χ1v) is 6.27. The number of nitrogens with zero attached hydrogens (tertiary/aromatic N) is 3. The molecule has 1 aliphatic rings. The Labute approximate surface area is 107 Å². The van der Waals surface area contributed by atoms with Gasteiger partial charge in [-0.2, -0.15) is 0 Å². The minimum atomic E-state index is -0.716. The Morgan fingerprint density at radius 2 is 2.11 bits per heavy atom. The molecule has 0 spiro atoms. The molecule has 98 valence electrons. The Morgan fingerprint density at radius 3 is 2.72 bits per heavy atom. The maximum atomic E-state index is 12.2. The lowest BCUT2D eigenvalue weighted by molar-refractivity contribution is 0.0154. The van der Waals surface area contributed by atoms with E-state index in [-0.39, 0.29) is 5.91 Å². The highest BCUT2D eigenvalue weighted by Crippen LogP contribution is 2.30. The third-order valence-electron chi connectivity index (χ3n) is 3.44. The summed E-state index contributed by atoms with van der Waals surface area (Å²) in [7, 11) is 1.70. The van der Waals surface area contributed by atoms with Crippen molar-refractivity contribution in [2.24, 2.45) is 0 Å². The molecule has 0 atom stereocenters. The maximum Gasteiger partial charge on any atom is 0.272 e. The number of carbonyl (C=O) groups excluding carboxylic acids is 1. The molecular weight excluding hydrogens is 230 g/mol. The zero-order valence-electron chi connectivity index (χ0n) is 10.9. The van der Waals surface area contributed by atoms with Crippen molar-refractivity contribution in [2.75, 3.05) is 13.6 Å². The second kappa shape index (κ2) is 5.02. The average Bonchev–Trinajstić information content (AvgIpc) is 2.74. The summed E-state index contributed by atoms with van der Waals surface area (Å²) in [6.07, 6.45) is 5.00. The summed E-state index contributed by atoms with van der Waals surface area (Å²) in [4.78, 5) is 21.6. The minimum absolute atomic E-state index is 0.166. The molecule has 1 aliphatic carbocycles. The lowest BCUT2D eigenvalue weighted by atomic mass is 10.0. The van der Waals surface area contributed by atoms with Crippen molar-refractivity contribution < 1.29 is 9.90 Å². The van der Waals surface area contributed by atoms with Crippen molar-refractivity contribution in [3.63, 3.8) is 0 Å². The summed E-state index contributed by atoms with van der Waals surface area (Å²) < 4.78 is 0. The smallest absolute Gasteiger partial charge is 0.272 e. The van der Waals surface area contributed by atoms with Gasteiger partial charge in [0.15, 0.2) is 0 Å². The zero-order valence-corrected chi connectivity index (χ0v) is 10.9. The SMILES string of the molecule is Cc1cc(C(=O)N(C)CC2(O)CCCC2)ncn1. The second-order valence-corrected chi connectivity index (χ2v) is 5.14. The molecule has 5 heteroatoms. The fourth-order valence-electron chi connectivity index (χ4n) is 2.47. The third-order valence-corrected chi connectivity index (χ3v) is 3.44. The van der Waals surface area contributed by atoms with E-state index in [2.05, 4.69) is 9.97 Å². The Bertz CT molecular complexity index is 442. The first-order valence-electron chi connectivity index (χ1n) is 6.27. The van der Waals surface area contributed by atoms with Gasteiger partial charge in [-0.15, -0.1) is 0 Å². The number of aliphatic hydroxyl groups is 1. The average molecular weight is 249 g/mol. The molecule has 1 aromatic heterocycles. The number of hydrogen-bond donors (Lipinski definition) is 1. The van der Waals surface area contributed by atoms with Crippen LogP contribution in [-0.4, -0.2) is 45.1 Å². The summed E-state index contributed by atoms with van der Waals surface area (Å²) in [5, 5.41) is 10.3. The van der Waals surface area contributed by atoms with Crippen molar-refractivity contribution in [1.29, 1.82) is 0 Å². The molecule has 1 saturated carbocycles. The van der Waals surface area contributed by atoms with Crippen LogP contribution < -0.4 is 0 Å². The van der Waals surface area contributed by atoms with Crippen molar-refractivity contribution in [1.82, 2.24) is 14.9 Å². The number of likely N-dealkylation sites (N-methyl/N-ethyl adjacent to an activating group) is 1. The fraction of sp³-hybridized carbons (Fsp3) is 0.615. The summed E-state index contributed by atoms with van der Waals surface area (Å²) >= 11 is 0. The van der Waals surface area contributed by atoms with E-state index in [1.165, 1.54) is 6.33 Å². The number of rotatable bonds is 3. The van der Waals surface area contributed by atoms with E-state index in [4.69, 9.17) is 0 Å². The van der Waals surface area contributed by atoms with Gasteiger partial charge in [0.25, 0.3) is 5.91 Å². The predicted octanol–water partition coefficient (Wildman–Crippen LogP) is 1.16. The molecule has 0 aromatic carbocycles. The summed E-state index contributed by atoms with van der Waals surface area (Å²) in [6.45, 7) is 2.19. The van der Waals surface area contributed by atoms with Gasteiger partial charge in [-0.3, -0.25) is 4.79 Å². The van der Waals surface area contributed by atoms with Crippen molar-refractivity contribution in [2.45, 2.75) is 38.2 Å². The van der Waals surface area contributed by atoms with Crippen LogP contribution in [0.4, 0.5) is 0 Å². The molecule has 0 aliphatic heterocycles. The van der Waals surface area contributed by atoms with Gasteiger partial charge in [0.05, 0.1) is 5.60 Å². The van der Waals surface area contributed by atoms with Gasteiger partial charge in [-0.25, -0.2) is 9.97 Å².